The second kappa shape index (κ2) is 5.90. The minimum atomic E-state index is -0.765. The van der Waals surface area contributed by atoms with Crippen molar-refractivity contribution in [1.29, 1.82) is 0 Å². The van der Waals surface area contributed by atoms with E-state index in [4.69, 9.17) is 0 Å². The Labute approximate surface area is 114 Å². The maximum absolute atomic E-state index is 13.8. The Kier molecular flexibility index (Phi) is 4.24. The number of nitro groups is 1. The fraction of sp³-hybridized carbons (Fsp3) is 0.231. The minimum absolute atomic E-state index is 0.0821. The number of hydrogen-bond acceptors (Lipinski definition) is 4. The van der Waals surface area contributed by atoms with E-state index in [1.54, 1.807) is 17.4 Å². The fourth-order valence-electron chi connectivity index (χ4n) is 1.75. The summed E-state index contributed by atoms with van der Waals surface area (Å²) in [6, 6.07) is 8.24. The molecule has 2 rings (SSSR count). The Balaban J connectivity index is 2.08. The van der Waals surface area contributed by atoms with Gasteiger partial charge in [-0.05, 0) is 18.4 Å². The summed E-state index contributed by atoms with van der Waals surface area (Å²) in [5.74, 6) is -0.765. The number of halogens is 1. The van der Waals surface area contributed by atoms with Crippen molar-refractivity contribution in [3.63, 3.8) is 0 Å². The number of nitrogens with zero attached hydrogens (tertiary/aromatic N) is 1. The van der Waals surface area contributed by atoms with Gasteiger partial charge in [0.25, 0.3) is 0 Å². The molecule has 1 aromatic heterocycles. The topological polar surface area (TPSA) is 55.2 Å². The Morgan fingerprint density at radius 2 is 2.21 bits per heavy atom. The molecule has 0 aliphatic carbocycles. The van der Waals surface area contributed by atoms with Gasteiger partial charge in [0, 0.05) is 29.1 Å². The highest BCUT2D eigenvalue weighted by Gasteiger charge is 2.17. The molecule has 100 valence electrons. The summed E-state index contributed by atoms with van der Waals surface area (Å²) in [5.41, 5.74) is -0.180. The highest BCUT2D eigenvalue weighted by atomic mass is 32.1. The summed E-state index contributed by atoms with van der Waals surface area (Å²) < 4.78 is 13.8. The van der Waals surface area contributed by atoms with Gasteiger partial charge in [0.1, 0.15) is 0 Å². The summed E-state index contributed by atoms with van der Waals surface area (Å²) in [6.07, 6.45) is 0. The van der Waals surface area contributed by atoms with Crippen LogP contribution in [0.15, 0.2) is 35.7 Å². The van der Waals surface area contributed by atoms with Gasteiger partial charge in [0.2, 0.25) is 5.82 Å². The molecule has 0 spiro atoms. The molecule has 0 fully saturated rings. The lowest BCUT2D eigenvalue weighted by Gasteiger charge is -2.12. The molecule has 1 N–H and O–H groups in total. The van der Waals surface area contributed by atoms with Crippen molar-refractivity contribution < 1.29 is 9.31 Å². The van der Waals surface area contributed by atoms with Gasteiger partial charge in [-0.1, -0.05) is 18.2 Å². The Morgan fingerprint density at radius 3 is 2.84 bits per heavy atom. The molecule has 4 nitrogen and oxygen atoms in total. The highest BCUT2D eigenvalue weighted by molar-refractivity contribution is 7.10. The largest absolute Gasteiger partial charge is 0.305 e. The van der Waals surface area contributed by atoms with Crippen molar-refractivity contribution in [3.05, 3.63) is 62.1 Å². The first-order valence-corrected chi connectivity index (χ1v) is 6.66. The predicted octanol–water partition coefficient (Wildman–Crippen LogP) is 3.65. The second-order valence-electron chi connectivity index (χ2n) is 4.13. The van der Waals surface area contributed by atoms with Gasteiger partial charge in [-0.2, -0.15) is 4.39 Å². The lowest BCUT2D eigenvalue weighted by Crippen LogP contribution is -2.18. The van der Waals surface area contributed by atoms with Crippen LogP contribution in [0, 0.1) is 15.9 Å². The first kappa shape index (κ1) is 13.6. The molecule has 19 heavy (non-hydrogen) atoms. The van der Waals surface area contributed by atoms with Gasteiger partial charge in [0.15, 0.2) is 0 Å². The van der Waals surface area contributed by atoms with E-state index < -0.39 is 16.4 Å². The Hall–Kier alpha value is -1.79. The molecular weight excluding hydrogens is 267 g/mol. The molecular formula is C13H13FN2O2S. The van der Waals surface area contributed by atoms with E-state index in [1.807, 2.05) is 24.4 Å². The predicted molar refractivity (Wildman–Crippen MR) is 72.6 cm³/mol. The van der Waals surface area contributed by atoms with Gasteiger partial charge in [-0.25, -0.2) is 0 Å². The Morgan fingerprint density at radius 1 is 1.42 bits per heavy atom. The van der Waals surface area contributed by atoms with Crippen LogP contribution in [0.2, 0.25) is 0 Å². The van der Waals surface area contributed by atoms with Crippen LogP contribution in [-0.2, 0) is 6.54 Å². The van der Waals surface area contributed by atoms with Crippen molar-refractivity contribution >= 4 is 17.0 Å². The number of hydrogen-bond donors (Lipinski definition) is 1. The second-order valence-corrected chi connectivity index (χ2v) is 5.10. The molecule has 0 radical (unpaired) electrons. The lowest BCUT2D eigenvalue weighted by molar-refractivity contribution is -0.387. The van der Waals surface area contributed by atoms with E-state index in [9.17, 15) is 14.5 Å². The lowest BCUT2D eigenvalue weighted by atomic mass is 10.1. The van der Waals surface area contributed by atoms with E-state index >= 15 is 0 Å². The van der Waals surface area contributed by atoms with E-state index in [-0.39, 0.29) is 12.6 Å². The van der Waals surface area contributed by atoms with Gasteiger partial charge in [-0.15, -0.1) is 11.3 Å². The fourth-order valence-corrected chi connectivity index (χ4v) is 2.50. The molecule has 1 aromatic carbocycles. The van der Waals surface area contributed by atoms with Crippen molar-refractivity contribution in [2.24, 2.45) is 0 Å². The molecule has 1 atom stereocenters. The van der Waals surface area contributed by atoms with Crippen molar-refractivity contribution in [2.75, 3.05) is 0 Å². The number of nitrogens with one attached hydrogen (secondary N) is 1. The van der Waals surface area contributed by atoms with Gasteiger partial charge in [0.05, 0.1) is 4.92 Å². The summed E-state index contributed by atoms with van der Waals surface area (Å²) in [5, 5.41) is 15.8. The molecule has 2 aromatic rings. The number of thiophene rings is 1. The van der Waals surface area contributed by atoms with Crippen molar-refractivity contribution in [1.82, 2.24) is 5.32 Å². The zero-order valence-electron chi connectivity index (χ0n) is 10.3. The van der Waals surface area contributed by atoms with Gasteiger partial charge >= 0.3 is 5.69 Å². The normalized spacial score (nSPS) is 12.3. The molecule has 6 heteroatoms. The van der Waals surface area contributed by atoms with Crippen LogP contribution in [0.1, 0.15) is 23.4 Å². The summed E-state index contributed by atoms with van der Waals surface area (Å²) in [7, 11) is 0. The van der Waals surface area contributed by atoms with Crippen LogP contribution in [0.4, 0.5) is 10.1 Å². The SMILES string of the molecule is C[C@@H](NCc1cccc([N+](=O)[O-])c1F)c1cccs1. The molecule has 0 unspecified atom stereocenters. The van der Waals surface area contributed by atoms with Crippen LogP contribution >= 0.6 is 11.3 Å². The van der Waals surface area contributed by atoms with Crippen molar-refractivity contribution in [2.45, 2.75) is 19.5 Å². The summed E-state index contributed by atoms with van der Waals surface area (Å²) in [4.78, 5) is 11.1. The smallest absolute Gasteiger partial charge is 0.305 e. The average molecular weight is 280 g/mol. The first-order chi connectivity index (χ1) is 9.09. The first-order valence-electron chi connectivity index (χ1n) is 5.78. The van der Waals surface area contributed by atoms with Crippen LogP contribution in [0.3, 0.4) is 0 Å². The number of nitro benzene ring substituents is 1. The summed E-state index contributed by atoms with van der Waals surface area (Å²) in [6.45, 7) is 2.23. The van der Waals surface area contributed by atoms with Crippen LogP contribution in [0.5, 0.6) is 0 Å². The number of rotatable bonds is 5. The molecule has 1 heterocycles. The highest BCUT2D eigenvalue weighted by Crippen LogP contribution is 2.22. The average Bonchev–Trinajstić information content (AvgIpc) is 2.90. The molecule has 0 bridgehead atoms. The maximum Gasteiger partial charge on any atom is 0.305 e. The maximum atomic E-state index is 13.8. The van der Waals surface area contributed by atoms with E-state index in [1.165, 1.54) is 12.1 Å². The third-order valence-corrected chi connectivity index (χ3v) is 3.88. The number of benzene rings is 1. The van der Waals surface area contributed by atoms with E-state index in [0.717, 1.165) is 4.88 Å². The zero-order valence-corrected chi connectivity index (χ0v) is 11.1. The molecule has 0 aliphatic rings. The molecule has 0 saturated heterocycles. The van der Waals surface area contributed by atoms with Gasteiger partial charge in [-0.3, -0.25) is 10.1 Å². The van der Waals surface area contributed by atoms with E-state index in [0.29, 0.717) is 5.56 Å². The van der Waals surface area contributed by atoms with Crippen LogP contribution in [-0.4, -0.2) is 4.92 Å². The minimum Gasteiger partial charge on any atom is -0.305 e. The Bertz CT molecular complexity index is 572. The zero-order chi connectivity index (χ0) is 13.8. The third kappa shape index (κ3) is 3.15. The standard InChI is InChI=1S/C13H13FN2O2S/c1-9(12-6-3-7-19-12)15-8-10-4-2-5-11(13(10)14)16(17)18/h2-7,9,15H,8H2,1H3/t9-/m1/s1. The molecule has 0 amide bonds. The monoisotopic (exact) mass is 280 g/mol. The van der Waals surface area contributed by atoms with Crippen molar-refractivity contribution in [3.8, 4) is 0 Å². The third-order valence-electron chi connectivity index (χ3n) is 2.82. The quantitative estimate of drug-likeness (QED) is 0.672. The summed E-state index contributed by atoms with van der Waals surface area (Å²) >= 11 is 1.61. The molecule has 0 saturated carbocycles. The molecule has 0 aliphatic heterocycles. The van der Waals surface area contributed by atoms with Gasteiger partial charge < -0.3 is 5.32 Å². The van der Waals surface area contributed by atoms with Crippen LogP contribution in [0.25, 0.3) is 0 Å². The van der Waals surface area contributed by atoms with E-state index in [2.05, 4.69) is 5.32 Å². The van der Waals surface area contributed by atoms with Crippen LogP contribution < -0.4 is 5.32 Å².